The summed E-state index contributed by atoms with van der Waals surface area (Å²) >= 11 is 2.18. The van der Waals surface area contributed by atoms with E-state index >= 15 is 0 Å². The number of aromatic hydroxyl groups is 1. The van der Waals surface area contributed by atoms with E-state index in [1.54, 1.807) is 25.1 Å². The van der Waals surface area contributed by atoms with E-state index in [1.165, 1.54) is 11.0 Å². The van der Waals surface area contributed by atoms with Gasteiger partial charge in [0.1, 0.15) is 5.75 Å². The molecule has 3 aromatic rings. The van der Waals surface area contributed by atoms with Crippen LogP contribution in [0.15, 0.2) is 95.1 Å². The smallest absolute Gasteiger partial charge is 0.238 e. The molecule has 3 aliphatic carbocycles. The van der Waals surface area contributed by atoms with Gasteiger partial charge in [-0.05, 0) is 95.6 Å². The van der Waals surface area contributed by atoms with Crippen LogP contribution in [0.2, 0.25) is 0 Å². The average Bonchev–Trinajstić information content (AvgIpc) is 3.21. The first-order valence-electron chi connectivity index (χ1n) is 13.3. The van der Waals surface area contributed by atoms with Crippen molar-refractivity contribution in [3.05, 3.63) is 104 Å². The maximum atomic E-state index is 14.0. The van der Waals surface area contributed by atoms with Crippen LogP contribution in [-0.2, 0) is 19.2 Å². The maximum absolute atomic E-state index is 14.0. The average molecular weight is 641 g/mol. The first kappa shape index (κ1) is 25.1. The van der Waals surface area contributed by atoms with E-state index in [0.717, 1.165) is 20.1 Å². The third kappa shape index (κ3) is 3.53. The van der Waals surface area contributed by atoms with Crippen molar-refractivity contribution in [1.82, 2.24) is 0 Å². The third-order valence-electron chi connectivity index (χ3n) is 8.90. The van der Waals surface area contributed by atoms with Crippen LogP contribution in [0.1, 0.15) is 31.2 Å². The number of hydrogen-bond acceptors (Lipinski definition) is 5. The number of phenolic OH excluding ortho intramolecular Hbond substituents is 1. The molecule has 0 aromatic heterocycles. The van der Waals surface area contributed by atoms with Crippen LogP contribution in [0.4, 0.5) is 5.69 Å². The van der Waals surface area contributed by atoms with E-state index in [0.29, 0.717) is 34.2 Å². The molecule has 7 heteroatoms. The minimum atomic E-state index is -0.624. The Balaban J connectivity index is 1.41. The second-order valence-corrected chi connectivity index (χ2v) is 12.2. The fourth-order valence-electron chi connectivity index (χ4n) is 7.12. The molecular weight excluding hydrogens is 617 g/mol. The number of ketones is 2. The molecule has 0 spiro atoms. The Labute approximate surface area is 244 Å². The zero-order valence-corrected chi connectivity index (χ0v) is 23.7. The summed E-state index contributed by atoms with van der Waals surface area (Å²) in [6.07, 6.45) is 4.04. The molecular formula is C33H24INO5. The van der Waals surface area contributed by atoms with Crippen molar-refractivity contribution in [2.75, 3.05) is 4.90 Å². The van der Waals surface area contributed by atoms with Gasteiger partial charge in [0.2, 0.25) is 11.8 Å². The number of phenols is 1. The molecule has 3 aromatic carbocycles. The van der Waals surface area contributed by atoms with Gasteiger partial charge < -0.3 is 5.11 Å². The molecule has 1 fully saturated rings. The summed E-state index contributed by atoms with van der Waals surface area (Å²) in [6, 6.07) is 18.2. The summed E-state index contributed by atoms with van der Waals surface area (Å²) in [4.78, 5) is 56.0. The van der Waals surface area contributed by atoms with E-state index in [1.807, 2.05) is 48.5 Å². The summed E-state index contributed by atoms with van der Waals surface area (Å²) in [5, 5.41) is 12.0. The lowest BCUT2D eigenvalue weighted by Crippen LogP contribution is -2.39. The van der Waals surface area contributed by atoms with Crippen molar-refractivity contribution in [2.24, 2.45) is 17.8 Å². The Morgan fingerprint density at radius 1 is 0.875 bits per heavy atom. The van der Waals surface area contributed by atoms with Gasteiger partial charge in [0, 0.05) is 31.6 Å². The van der Waals surface area contributed by atoms with Crippen LogP contribution in [-0.4, -0.2) is 28.5 Å². The van der Waals surface area contributed by atoms with Crippen LogP contribution in [0.3, 0.4) is 0 Å². The molecule has 0 radical (unpaired) electrons. The quantitative estimate of drug-likeness (QED) is 0.166. The summed E-state index contributed by atoms with van der Waals surface area (Å²) in [6.45, 7) is 1.66. The second-order valence-electron chi connectivity index (χ2n) is 10.9. The minimum Gasteiger partial charge on any atom is -0.507 e. The topological polar surface area (TPSA) is 91.8 Å². The normalized spacial score (nSPS) is 26.0. The Morgan fingerprint density at radius 2 is 1.60 bits per heavy atom. The van der Waals surface area contributed by atoms with Crippen molar-refractivity contribution in [3.63, 3.8) is 0 Å². The molecule has 4 aliphatic rings. The Hall–Kier alpha value is -3.85. The van der Waals surface area contributed by atoms with Crippen LogP contribution in [0.5, 0.6) is 5.75 Å². The number of allylic oxidation sites excluding steroid dienone is 6. The van der Waals surface area contributed by atoms with Crippen molar-refractivity contribution in [1.29, 1.82) is 0 Å². The molecule has 1 heterocycles. The molecule has 4 unspecified atom stereocenters. The molecule has 1 N–H and O–H groups in total. The number of hydrogen-bond donors (Lipinski definition) is 1. The van der Waals surface area contributed by atoms with Gasteiger partial charge in [-0.2, -0.15) is 0 Å². The second kappa shape index (κ2) is 9.09. The zero-order valence-electron chi connectivity index (χ0n) is 21.6. The standard InChI is InChI=1S/C33H24INO5/c1-16-14-27(37)25-15-24-22(10-11-23-29(24)33(40)35(32(23)39)18-8-6-17(34)7-9-18)28(30(25)31(16)38)21-12-13-26(36)20-5-3-2-4-19(20)21/h2-10,12-14,23-24,28-29,36H,11,15H2,1H3. The zero-order chi connectivity index (χ0) is 27.9. The van der Waals surface area contributed by atoms with Gasteiger partial charge in [-0.1, -0.05) is 42.0 Å². The number of anilines is 1. The van der Waals surface area contributed by atoms with Gasteiger partial charge >= 0.3 is 0 Å². The highest BCUT2D eigenvalue weighted by Crippen LogP contribution is 2.56. The van der Waals surface area contributed by atoms with E-state index < -0.39 is 23.7 Å². The lowest BCUT2D eigenvalue weighted by atomic mass is 9.59. The van der Waals surface area contributed by atoms with Gasteiger partial charge in [0.15, 0.2) is 11.6 Å². The fourth-order valence-corrected chi connectivity index (χ4v) is 7.48. The number of carbonyl (C=O) groups is 4. The first-order chi connectivity index (χ1) is 19.3. The molecule has 4 atom stereocenters. The number of imide groups is 1. The lowest BCUT2D eigenvalue weighted by molar-refractivity contribution is -0.123. The number of carbonyl (C=O) groups excluding carboxylic acids is 4. The number of amides is 2. The van der Waals surface area contributed by atoms with E-state index in [2.05, 4.69) is 22.6 Å². The van der Waals surface area contributed by atoms with Crippen LogP contribution in [0, 0.1) is 21.3 Å². The van der Waals surface area contributed by atoms with E-state index in [4.69, 9.17) is 0 Å². The lowest BCUT2D eigenvalue weighted by Gasteiger charge is -2.42. The minimum absolute atomic E-state index is 0.130. The summed E-state index contributed by atoms with van der Waals surface area (Å²) in [5.74, 6) is -2.84. The van der Waals surface area contributed by atoms with Gasteiger partial charge in [-0.3, -0.25) is 24.1 Å². The SMILES string of the molecule is CC1=CC(=O)C2=C(C1=O)C(c1ccc(O)c3ccccc13)C1=CCC3C(=O)N(c4ccc(I)cc4)C(=O)C3C1C2. The largest absolute Gasteiger partial charge is 0.507 e. The summed E-state index contributed by atoms with van der Waals surface area (Å²) in [5.41, 5.74) is 3.52. The molecule has 6 nitrogen and oxygen atoms in total. The first-order valence-corrected chi connectivity index (χ1v) is 14.4. The molecule has 1 saturated heterocycles. The van der Waals surface area contributed by atoms with Gasteiger partial charge in [0.05, 0.1) is 17.5 Å². The molecule has 7 rings (SSSR count). The Kier molecular flexibility index (Phi) is 5.71. The number of fused-ring (bicyclic) bond motifs is 4. The van der Waals surface area contributed by atoms with Gasteiger partial charge in [0.25, 0.3) is 0 Å². The molecule has 2 amide bonds. The molecule has 0 saturated carbocycles. The maximum Gasteiger partial charge on any atom is 0.238 e. The summed E-state index contributed by atoms with van der Waals surface area (Å²) < 4.78 is 1.00. The van der Waals surface area contributed by atoms with Crippen LogP contribution < -0.4 is 4.90 Å². The Morgan fingerprint density at radius 3 is 2.35 bits per heavy atom. The molecule has 198 valence electrons. The number of nitrogens with zero attached hydrogens (tertiary/aromatic N) is 1. The van der Waals surface area contributed by atoms with E-state index in [9.17, 15) is 24.3 Å². The van der Waals surface area contributed by atoms with E-state index in [-0.39, 0.29) is 35.6 Å². The van der Waals surface area contributed by atoms with Crippen LogP contribution >= 0.6 is 22.6 Å². The summed E-state index contributed by atoms with van der Waals surface area (Å²) in [7, 11) is 0. The fraction of sp³-hybridized carbons (Fsp3) is 0.212. The van der Waals surface area contributed by atoms with Gasteiger partial charge in [-0.25, -0.2) is 0 Å². The van der Waals surface area contributed by atoms with Crippen molar-refractivity contribution >= 4 is 62.4 Å². The third-order valence-corrected chi connectivity index (χ3v) is 9.61. The van der Waals surface area contributed by atoms with Crippen molar-refractivity contribution in [2.45, 2.75) is 25.7 Å². The molecule has 0 bridgehead atoms. The number of halogens is 1. The highest BCUT2D eigenvalue weighted by Gasteiger charge is 2.56. The van der Waals surface area contributed by atoms with Crippen molar-refractivity contribution < 1.29 is 24.3 Å². The molecule has 1 aliphatic heterocycles. The predicted octanol–water partition coefficient (Wildman–Crippen LogP) is 5.78. The monoisotopic (exact) mass is 641 g/mol. The van der Waals surface area contributed by atoms with Gasteiger partial charge in [-0.15, -0.1) is 0 Å². The Bertz CT molecular complexity index is 1780. The van der Waals surface area contributed by atoms with Crippen LogP contribution in [0.25, 0.3) is 10.8 Å². The number of benzene rings is 3. The molecule has 40 heavy (non-hydrogen) atoms. The highest BCUT2D eigenvalue weighted by molar-refractivity contribution is 14.1. The number of Topliss-reactive ketones (excluding diaryl/α,β-unsaturated/α-hetero) is 1. The number of rotatable bonds is 2. The highest BCUT2D eigenvalue weighted by atomic mass is 127. The van der Waals surface area contributed by atoms with Crippen molar-refractivity contribution in [3.8, 4) is 5.75 Å². The predicted molar refractivity (Wildman–Crippen MR) is 159 cm³/mol.